The molecule has 0 bridgehead atoms. The third kappa shape index (κ3) is 4.45. The minimum Gasteiger partial charge on any atom is -0.370 e. The molecule has 0 saturated heterocycles. The van der Waals surface area contributed by atoms with Crippen molar-refractivity contribution < 1.29 is 0 Å². The van der Waals surface area contributed by atoms with E-state index in [0.717, 1.165) is 23.9 Å². The van der Waals surface area contributed by atoms with Crippen LogP contribution in [0.5, 0.6) is 0 Å². The van der Waals surface area contributed by atoms with Gasteiger partial charge in [-0.05, 0) is 23.5 Å². The van der Waals surface area contributed by atoms with Crippen molar-refractivity contribution in [1.82, 2.24) is 9.97 Å². The van der Waals surface area contributed by atoms with Crippen LogP contribution in [-0.2, 0) is 0 Å². The summed E-state index contributed by atoms with van der Waals surface area (Å²) in [5, 5.41) is 6.71. The number of anilines is 3. The van der Waals surface area contributed by atoms with Crippen LogP contribution in [0.2, 0.25) is 0 Å². The monoisotopic (exact) mass is 284 g/mol. The Bertz CT molecular complexity index is 579. The fourth-order valence-electron chi connectivity index (χ4n) is 2.08. The summed E-state index contributed by atoms with van der Waals surface area (Å²) < 4.78 is 0. The Labute approximate surface area is 127 Å². The molecule has 0 spiro atoms. The van der Waals surface area contributed by atoms with E-state index >= 15 is 0 Å². The van der Waals surface area contributed by atoms with Crippen LogP contribution in [0.25, 0.3) is 0 Å². The van der Waals surface area contributed by atoms with Gasteiger partial charge in [-0.25, -0.2) is 9.97 Å². The summed E-state index contributed by atoms with van der Waals surface area (Å²) in [6, 6.07) is 10.3. The molecule has 0 aliphatic carbocycles. The van der Waals surface area contributed by atoms with Crippen molar-refractivity contribution in [3.8, 4) is 0 Å². The normalized spacial score (nSPS) is 11.0. The molecule has 0 unspecified atom stereocenters. The number of hydrogen-bond acceptors (Lipinski definition) is 4. The van der Waals surface area contributed by atoms with Gasteiger partial charge in [0.25, 0.3) is 0 Å². The maximum atomic E-state index is 4.30. The standard InChI is InChI=1S/C17H24N4/c1-12(2)10-18-16-9-17(20-11-19-16)21-15-8-6-5-7-14(15)13(3)4/h5-9,11-13H,10H2,1-4H3,(H2,18,19,20,21). The Balaban J connectivity index is 2.15. The van der Waals surface area contributed by atoms with Crippen LogP contribution in [0.1, 0.15) is 39.2 Å². The van der Waals surface area contributed by atoms with E-state index in [1.807, 2.05) is 12.1 Å². The largest absolute Gasteiger partial charge is 0.370 e. The molecule has 1 aromatic heterocycles. The van der Waals surface area contributed by atoms with Gasteiger partial charge >= 0.3 is 0 Å². The minimum atomic E-state index is 0.467. The lowest BCUT2D eigenvalue weighted by molar-refractivity contribution is 0.687. The summed E-state index contributed by atoms with van der Waals surface area (Å²) in [4.78, 5) is 8.55. The maximum absolute atomic E-state index is 4.30. The fourth-order valence-corrected chi connectivity index (χ4v) is 2.08. The Hall–Kier alpha value is -2.10. The first-order valence-electron chi connectivity index (χ1n) is 7.48. The molecule has 112 valence electrons. The first-order chi connectivity index (χ1) is 10.1. The predicted octanol–water partition coefficient (Wildman–Crippen LogP) is 4.41. The molecule has 0 atom stereocenters. The van der Waals surface area contributed by atoms with E-state index in [0.29, 0.717) is 11.8 Å². The number of nitrogens with one attached hydrogen (secondary N) is 2. The summed E-state index contributed by atoms with van der Waals surface area (Å²) in [5.74, 6) is 2.71. The molecule has 4 nitrogen and oxygen atoms in total. The van der Waals surface area contributed by atoms with E-state index in [2.05, 4.69) is 66.5 Å². The van der Waals surface area contributed by atoms with Gasteiger partial charge in [-0.15, -0.1) is 0 Å². The molecule has 1 aromatic carbocycles. The van der Waals surface area contributed by atoms with Crippen molar-refractivity contribution in [1.29, 1.82) is 0 Å². The van der Waals surface area contributed by atoms with Crippen LogP contribution < -0.4 is 10.6 Å². The molecule has 0 saturated carbocycles. The van der Waals surface area contributed by atoms with Crippen molar-refractivity contribution in [2.45, 2.75) is 33.6 Å². The van der Waals surface area contributed by atoms with E-state index in [-0.39, 0.29) is 0 Å². The van der Waals surface area contributed by atoms with Gasteiger partial charge < -0.3 is 10.6 Å². The van der Waals surface area contributed by atoms with Gasteiger partial charge in [0.1, 0.15) is 18.0 Å². The Kier molecular flexibility index (Phi) is 5.14. The summed E-state index contributed by atoms with van der Waals surface area (Å²) >= 11 is 0. The van der Waals surface area contributed by atoms with E-state index in [1.54, 1.807) is 6.33 Å². The van der Waals surface area contributed by atoms with Gasteiger partial charge in [0.05, 0.1) is 0 Å². The van der Waals surface area contributed by atoms with Crippen LogP contribution in [0.15, 0.2) is 36.7 Å². The lowest BCUT2D eigenvalue weighted by Gasteiger charge is -2.14. The quantitative estimate of drug-likeness (QED) is 0.825. The number of nitrogens with zero attached hydrogens (tertiary/aromatic N) is 2. The zero-order valence-electron chi connectivity index (χ0n) is 13.2. The number of benzene rings is 1. The number of aromatic nitrogens is 2. The molecule has 2 N–H and O–H groups in total. The highest BCUT2D eigenvalue weighted by Gasteiger charge is 2.07. The van der Waals surface area contributed by atoms with Crippen LogP contribution >= 0.6 is 0 Å². The zero-order chi connectivity index (χ0) is 15.2. The van der Waals surface area contributed by atoms with E-state index < -0.39 is 0 Å². The average Bonchev–Trinajstić information content (AvgIpc) is 2.46. The molecule has 21 heavy (non-hydrogen) atoms. The third-order valence-electron chi connectivity index (χ3n) is 3.20. The summed E-state index contributed by atoms with van der Waals surface area (Å²) in [6.45, 7) is 9.63. The van der Waals surface area contributed by atoms with Crippen LogP contribution in [0.4, 0.5) is 17.3 Å². The molecule has 0 aliphatic rings. The average molecular weight is 284 g/mol. The molecule has 0 aliphatic heterocycles. The molecule has 2 aromatic rings. The highest BCUT2D eigenvalue weighted by atomic mass is 15.1. The van der Waals surface area contributed by atoms with Crippen LogP contribution in [0, 0.1) is 5.92 Å². The first-order valence-corrected chi connectivity index (χ1v) is 7.48. The molecule has 0 radical (unpaired) electrons. The van der Waals surface area contributed by atoms with Crippen molar-refractivity contribution >= 4 is 17.3 Å². The SMILES string of the molecule is CC(C)CNc1cc(Nc2ccccc2C(C)C)ncn1. The molecule has 0 amide bonds. The third-order valence-corrected chi connectivity index (χ3v) is 3.20. The van der Waals surface area contributed by atoms with E-state index in [9.17, 15) is 0 Å². The lowest BCUT2D eigenvalue weighted by atomic mass is 10.0. The zero-order valence-corrected chi connectivity index (χ0v) is 13.2. The number of rotatable bonds is 6. The van der Waals surface area contributed by atoms with E-state index in [4.69, 9.17) is 0 Å². The van der Waals surface area contributed by atoms with Crippen LogP contribution in [-0.4, -0.2) is 16.5 Å². The van der Waals surface area contributed by atoms with Gasteiger partial charge in [0, 0.05) is 18.3 Å². The number of hydrogen-bond donors (Lipinski definition) is 2. The Morgan fingerprint density at radius 3 is 2.43 bits per heavy atom. The minimum absolute atomic E-state index is 0.467. The van der Waals surface area contributed by atoms with Crippen molar-refractivity contribution in [2.24, 2.45) is 5.92 Å². The second kappa shape index (κ2) is 7.07. The summed E-state index contributed by atoms with van der Waals surface area (Å²) in [5.41, 5.74) is 2.38. The molecule has 0 fully saturated rings. The Morgan fingerprint density at radius 2 is 1.71 bits per heavy atom. The summed E-state index contributed by atoms with van der Waals surface area (Å²) in [6.07, 6.45) is 1.59. The fraction of sp³-hybridized carbons (Fsp3) is 0.412. The van der Waals surface area contributed by atoms with Gasteiger partial charge in [-0.1, -0.05) is 45.9 Å². The van der Waals surface area contributed by atoms with Crippen molar-refractivity contribution in [2.75, 3.05) is 17.2 Å². The molecular formula is C17H24N4. The van der Waals surface area contributed by atoms with Gasteiger partial charge in [-0.2, -0.15) is 0 Å². The predicted molar refractivity (Wildman–Crippen MR) is 89.2 cm³/mol. The topological polar surface area (TPSA) is 49.8 Å². The van der Waals surface area contributed by atoms with Crippen molar-refractivity contribution in [3.05, 3.63) is 42.2 Å². The van der Waals surface area contributed by atoms with Gasteiger partial charge in [0.15, 0.2) is 0 Å². The second-order valence-electron chi connectivity index (χ2n) is 5.93. The highest BCUT2D eigenvalue weighted by molar-refractivity contribution is 5.63. The lowest BCUT2D eigenvalue weighted by Crippen LogP contribution is -2.09. The Morgan fingerprint density at radius 1 is 1.00 bits per heavy atom. The maximum Gasteiger partial charge on any atom is 0.135 e. The molecular weight excluding hydrogens is 260 g/mol. The first kappa shape index (κ1) is 15.3. The number of para-hydroxylation sites is 1. The van der Waals surface area contributed by atoms with Gasteiger partial charge in [-0.3, -0.25) is 0 Å². The summed E-state index contributed by atoms with van der Waals surface area (Å²) in [7, 11) is 0. The van der Waals surface area contributed by atoms with Gasteiger partial charge in [0.2, 0.25) is 0 Å². The van der Waals surface area contributed by atoms with Crippen molar-refractivity contribution in [3.63, 3.8) is 0 Å². The van der Waals surface area contributed by atoms with Crippen LogP contribution in [0.3, 0.4) is 0 Å². The molecule has 2 rings (SSSR count). The van der Waals surface area contributed by atoms with E-state index in [1.165, 1.54) is 5.56 Å². The molecule has 1 heterocycles. The smallest absolute Gasteiger partial charge is 0.135 e. The molecule has 4 heteroatoms. The second-order valence-corrected chi connectivity index (χ2v) is 5.93. The highest BCUT2D eigenvalue weighted by Crippen LogP contribution is 2.26.